The number of hydrogen-bond acceptors (Lipinski definition) is 5. The van der Waals surface area contributed by atoms with Gasteiger partial charge in [-0.1, -0.05) is 13.8 Å². The predicted octanol–water partition coefficient (Wildman–Crippen LogP) is 2.06. The van der Waals surface area contributed by atoms with Crippen LogP contribution in [0.15, 0.2) is 0 Å². The van der Waals surface area contributed by atoms with Gasteiger partial charge in [0.2, 0.25) is 0 Å². The van der Waals surface area contributed by atoms with Crippen LogP contribution in [0.25, 0.3) is 0 Å². The topological polar surface area (TPSA) is 59.1 Å². The van der Waals surface area contributed by atoms with Crippen molar-refractivity contribution in [2.75, 3.05) is 6.26 Å². The highest BCUT2D eigenvalue weighted by molar-refractivity contribution is 7.90. The van der Waals surface area contributed by atoms with Gasteiger partial charge < -0.3 is 5.32 Å². The van der Waals surface area contributed by atoms with Crippen molar-refractivity contribution in [1.82, 2.24) is 10.3 Å². The molecule has 102 valence electrons. The Morgan fingerprint density at radius 2 is 2.11 bits per heavy atom. The van der Waals surface area contributed by atoms with Gasteiger partial charge in [-0.2, -0.15) is 0 Å². The molecule has 6 heteroatoms. The van der Waals surface area contributed by atoms with Gasteiger partial charge in [0, 0.05) is 29.6 Å². The minimum atomic E-state index is -2.99. The standard InChI is InChI=1S/C12H20N2O2S2/c1-8(2)13-6-10-12(9-4-5-9)14-11(17-10)7-18(3,15)16/h8-9,13H,4-7H2,1-3H3. The number of nitrogens with one attached hydrogen (secondary N) is 1. The zero-order valence-electron chi connectivity index (χ0n) is 11.1. The summed E-state index contributed by atoms with van der Waals surface area (Å²) in [4.78, 5) is 5.75. The van der Waals surface area contributed by atoms with Gasteiger partial charge in [0.1, 0.15) is 10.8 Å². The van der Waals surface area contributed by atoms with Crippen molar-refractivity contribution in [3.8, 4) is 0 Å². The molecule has 2 rings (SSSR count). The fourth-order valence-electron chi connectivity index (χ4n) is 1.80. The van der Waals surface area contributed by atoms with Crippen molar-refractivity contribution in [1.29, 1.82) is 0 Å². The van der Waals surface area contributed by atoms with E-state index < -0.39 is 9.84 Å². The molecule has 1 saturated carbocycles. The van der Waals surface area contributed by atoms with E-state index in [9.17, 15) is 8.42 Å². The van der Waals surface area contributed by atoms with Gasteiger partial charge in [-0.15, -0.1) is 11.3 Å². The second-order valence-electron chi connectivity index (χ2n) is 5.30. The Morgan fingerprint density at radius 1 is 1.44 bits per heavy atom. The second kappa shape index (κ2) is 5.27. The minimum Gasteiger partial charge on any atom is -0.310 e. The zero-order chi connectivity index (χ0) is 13.3. The summed E-state index contributed by atoms with van der Waals surface area (Å²) in [6.45, 7) is 5.01. The fourth-order valence-corrected chi connectivity index (χ4v) is 4.09. The lowest BCUT2D eigenvalue weighted by molar-refractivity contribution is 0.590. The maximum absolute atomic E-state index is 11.3. The van der Waals surface area contributed by atoms with Crippen molar-refractivity contribution in [2.45, 2.75) is 50.9 Å². The number of aromatic nitrogens is 1. The SMILES string of the molecule is CC(C)NCc1sc(CS(C)(=O)=O)nc1C1CC1. The van der Waals surface area contributed by atoms with Crippen LogP contribution >= 0.6 is 11.3 Å². The predicted molar refractivity (Wildman–Crippen MR) is 74.6 cm³/mol. The Bertz CT molecular complexity index is 516. The highest BCUT2D eigenvalue weighted by Gasteiger charge is 2.29. The van der Waals surface area contributed by atoms with Gasteiger partial charge >= 0.3 is 0 Å². The molecule has 1 aromatic heterocycles. The van der Waals surface area contributed by atoms with Crippen LogP contribution in [0.2, 0.25) is 0 Å². The van der Waals surface area contributed by atoms with Crippen molar-refractivity contribution in [3.63, 3.8) is 0 Å². The van der Waals surface area contributed by atoms with E-state index in [4.69, 9.17) is 0 Å². The second-order valence-corrected chi connectivity index (χ2v) is 8.60. The lowest BCUT2D eigenvalue weighted by atomic mass is 10.2. The van der Waals surface area contributed by atoms with E-state index in [2.05, 4.69) is 24.1 Å². The normalized spacial score (nSPS) is 16.4. The first-order valence-corrected chi connectivity index (χ1v) is 9.12. The van der Waals surface area contributed by atoms with Gasteiger partial charge in [-0.25, -0.2) is 13.4 Å². The van der Waals surface area contributed by atoms with E-state index in [1.165, 1.54) is 24.0 Å². The number of nitrogens with zero attached hydrogens (tertiary/aromatic N) is 1. The summed E-state index contributed by atoms with van der Waals surface area (Å²) < 4.78 is 22.6. The first-order chi connectivity index (χ1) is 8.35. The van der Waals surface area contributed by atoms with E-state index in [0.29, 0.717) is 12.0 Å². The third-order valence-corrected chi connectivity index (χ3v) is 4.84. The van der Waals surface area contributed by atoms with Gasteiger partial charge in [0.25, 0.3) is 0 Å². The molecule has 18 heavy (non-hydrogen) atoms. The molecular weight excluding hydrogens is 268 g/mol. The van der Waals surface area contributed by atoms with Gasteiger partial charge in [-0.3, -0.25) is 0 Å². The van der Waals surface area contributed by atoms with E-state index in [0.717, 1.165) is 17.2 Å². The van der Waals surface area contributed by atoms with Crippen LogP contribution < -0.4 is 5.32 Å². The Kier molecular flexibility index (Phi) is 4.08. The molecule has 1 fully saturated rings. The summed E-state index contributed by atoms with van der Waals surface area (Å²) in [5, 5.41) is 4.12. The van der Waals surface area contributed by atoms with Crippen LogP contribution in [0, 0.1) is 0 Å². The largest absolute Gasteiger partial charge is 0.310 e. The Morgan fingerprint density at radius 3 is 2.61 bits per heavy atom. The highest BCUT2D eigenvalue weighted by Crippen LogP contribution is 2.42. The number of rotatable bonds is 6. The smallest absolute Gasteiger partial charge is 0.153 e. The Hall–Kier alpha value is -0.460. The third kappa shape index (κ3) is 4.03. The summed E-state index contributed by atoms with van der Waals surface area (Å²) in [5.41, 5.74) is 1.13. The van der Waals surface area contributed by atoms with Crippen LogP contribution in [-0.4, -0.2) is 25.7 Å². The van der Waals surface area contributed by atoms with E-state index in [1.807, 2.05) is 0 Å². The molecule has 0 saturated heterocycles. The molecular formula is C12H20N2O2S2. The summed E-state index contributed by atoms with van der Waals surface area (Å²) in [5.74, 6) is 0.637. The van der Waals surface area contributed by atoms with Crippen LogP contribution in [0.5, 0.6) is 0 Å². The van der Waals surface area contributed by atoms with Crippen LogP contribution in [0.3, 0.4) is 0 Å². The first kappa shape index (κ1) is 14.0. The molecule has 0 bridgehead atoms. The molecule has 0 aromatic carbocycles. The maximum Gasteiger partial charge on any atom is 0.153 e. The molecule has 1 N–H and O–H groups in total. The maximum atomic E-state index is 11.3. The van der Waals surface area contributed by atoms with Crippen LogP contribution in [0.4, 0.5) is 0 Å². The quantitative estimate of drug-likeness (QED) is 0.870. The van der Waals surface area contributed by atoms with E-state index >= 15 is 0 Å². The van der Waals surface area contributed by atoms with Crippen molar-refractivity contribution in [3.05, 3.63) is 15.6 Å². The number of hydrogen-bond donors (Lipinski definition) is 1. The van der Waals surface area contributed by atoms with E-state index in [1.54, 1.807) is 11.3 Å². The molecule has 0 atom stereocenters. The lowest BCUT2D eigenvalue weighted by Gasteiger charge is -2.07. The number of thiazole rings is 1. The fraction of sp³-hybridized carbons (Fsp3) is 0.750. The monoisotopic (exact) mass is 288 g/mol. The molecule has 0 radical (unpaired) electrons. The van der Waals surface area contributed by atoms with Gasteiger partial charge in [-0.05, 0) is 12.8 Å². The third-order valence-electron chi connectivity index (χ3n) is 2.79. The minimum absolute atomic E-state index is 0.0685. The summed E-state index contributed by atoms with van der Waals surface area (Å²) in [6.07, 6.45) is 3.64. The van der Waals surface area contributed by atoms with Crippen LogP contribution in [-0.2, 0) is 22.1 Å². The summed E-state index contributed by atoms with van der Waals surface area (Å²) in [6, 6.07) is 0.428. The first-order valence-electron chi connectivity index (χ1n) is 6.24. The summed E-state index contributed by atoms with van der Waals surface area (Å²) in [7, 11) is -2.99. The van der Waals surface area contributed by atoms with Crippen molar-refractivity contribution < 1.29 is 8.42 Å². The number of sulfone groups is 1. The molecule has 1 aliphatic carbocycles. The molecule has 1 heterocycles. The van der Waals surface area contributed by atoms with Gasteiger partial charge in [0.05, 0.1) is 5.69 Å². The van der Waals surface area contributed by atoms with Crippen molar-refractivity contribution in [2.24, 2.45) is 0 Å². The highest BCUT2D eigenvalue weighted by atomic mass is 32.2. The molecule has 1 aromatic rings. The van der Waals surface area contributed by atoms with Crippen molar-refractivity contribution >= 4 is 21.2 Å². The average molecular weight is 288 g/mol. The molecule has 0 aliphatic heterocycles. The summed E-state index contributed by atoms with van der Waals surface area (Å²) >= 11 is 1.54. The van der Waals surface area contributed by atoms with E-state index in [-0.39, 0.29) is 5.75 Å². The van der Waals surface area contributed by atoms with Crippen LogP contribution in [0.1, 0.15) is 48.2 Å². The molecule has 0 unspecified atom stereocenters. The molecule has 0 amide bonds. The molecule has 0 spiro atoms. The van der Waals surface area contributed by atoms with Gasteiger partial charge in [0.15, 0.2) is 9.84 Å². The Balaban J connectivity index is 2.16. The molecule has 4 nitrogen and oxygen atoms in total. The molecule has 1 aliphatic rings. The zero-order valence-corrected chi connectivity index (χ0v) is 12.7. The average Bonchev–Trinajstić information content (AvgIpc) is 2.97. The Labute approximate surface area is 113 Å². The lowest BCUT2D eigenvalue weighted by Crippen LogP contribution is -2.21.